The molecule has 2 aromatic heterocycles. The minimum absolute atomic E-state index is 0.121. The summed E-state index contributed by atoms with van der Waals surface area (Å²) in [6.07, 6.45) is 2.69. The second-order valence-electron chi connectivity index (χ2n) is 7.84. The first-order valence-electron chi connectivity index (χ1n) is 9.81. The van der Waals surface area contributed by atoms with Gasteiger partial charge in [-0.25, -0.2) is 4.98 Å². The number of nitrogens with one attached hydrogen (secondary N) is 1. The van der Waals surface area contributed by atoms with E-state index in [-0.39, 0.29) is 12.3 Å². The zero-order chi connectivity index (χ0) is 19.7. The molecule has 3 aromatic rings. The largest absolute Gasteiger partial charge is 0.356 e. The lowest BCUT2D eigenvalue weighted by Gasteiger charge is -2.29. The minimum atomic E-state index is -0.121. The quantitative estimate of drug-likeness (QED) is 0.693. The first-order chi connectivity index (χ1) is 13.5. The van der Waals surface area contributed by atoms with Crippen LogP contribution in [-0.4, -0.2) is 34.0 Å². The first kappa shape index (κ1) is 19.1. The lowest BCUT2D eigenvalue weighted by molar-refractivity contribution is -0.115. The highest BCUT2D eigenvalue weighted by atomic mass is 32.1. The van der Waals surface area contributed by atoms with Gasteiger partial charge in [0.05, 0.1) is 12.1 Å². The van der Waals surface area contributed by atoms with Crippen LogP contribution in [0.25, 0.3) is 11.0 Å². The summed E-state index contributed by atoms with van der Waals surface area (Å²) >= 11 is 1.57. The van der Waals surface area contributed by atoms with Crippen molar-refractivity contribution in [3.63, 3.8) is 0 Å². The van der Waals surface area contributed by atoms with E-state index < -0.39 is 0 Å². The predicted molar refractivity (Wildman–Crippen MR) is 112 cm³/mol. The molecule has 0 atom stereocenters. The molecule has 148 valence electrons. The average Bonchev–Trinajstić information content (AvgIpc) is 3.20. The number of likely N-dealkylation sites (tertiary alicyclic amines) is 1. The van der Waals surface area contributed by atoms with Crippen molar-refractivity contribution in [1.29, 1.82) is 0 Å². The number of hydrogen-bond acceptors (Lipinski definition) is 6. The summed E-state index contributed by atoms with van der Waals surface area (Å²) in [7, 11) is 0. The van der Waals surface area contributed by atoms with E-state index in [1.54, 1.807) is 11.3 Å². The van der Waals surface area contributed by atoms with Crippen molar-refractivity contribution in [2.45, 2.75) is 46.6 Å². The molecule has 1 aromatic carbocycles. The van der Waals surface area contributed by atoms with E-state index in [2.05, 4.69) is 27.3 Å². The number of rotatable bonds is 5. The summed E-state index contributed by atoms with van der Waals surface area (Å²) in [5, 5.41) is 8.55. The van der Waals surface area contributed by atoms with Crippen LogP contribution in [0.3, 0.4) is 0 Å². The molecule has 0 spiro atoms. The van der Waals surface area contributed by atoms with Gasteiger partial charge < -0.3 is 9.84 Å². The van der Waals surface area contributed by atoms with Crippen molar-refractivity contribution in [2.24, 2.45) is 5.92 Å². The molecule has 1 amide bonds. The van der Waals surface area contributed by atoms with E-state index in [0.717, 1.165) is 42.2 Å². The van der Waals surface area contributed by atoms with E-state index in [1.807, 2.05) is 32.0 Å². The highest BCUT2D eigenvalue weighted by Gasteiger charge is 2.19. The van der Waals surface area contributed by atoms with E-state index in [9.17, 15) is 4.79 Å². The molecule has 6 nitrogen and oxygen atoms in total. The average molecular weight is 399 g/mol. The molecule has 1 fully saturated rings. The summed E-state index contributed by atoms with van der Waals surface area (Å²) in [4.78, 5) is 20.8. The zero-order valence-corrected chi connectivity index (χ0v) is 17.4. The van der Waals surface area contributed by atoms with Gasteiger partial charge in [0.1, 0.15) is 5.69 Å². The molecule has 28 heavy (non-hydrogen) atoms. The van der Waals surface area contributed by atoms with Crippen molar-refractivity contribution < 1.29 is 9.32 Å². The Labute approximate surface area is 168 Å². The third-order valence-electron chi connectivity index (χ3n) is 5.41. The Morgan fingerprint density at radius 1 is 1.32 bits per heavy atom. The number of amides is 1. The van der Waals surface area contributed by atoms with Gasteiger partial charge in [0.25, 0.3) is 0 Å². The summed E-state index contributed by atoms with van der Waals surface area (Å²) in [5.74, 6) is 0.703. The third-order valence-corrected chi connectivity index (χ3v) is 6.47. The van der Waals surface area contributed by atoms with Crippen LogP contribution in [0.1, 0.15) is 41.6 Å². The van der Waals surface area contributed by atoms with Crippen LogP contribution in [-0.2, 0) is 17.8 Å². The summed E-state index contributed by atoms with van der Waals surface area (Å²) in [5.41, 5.74) is 3.48. The number of benzene rings is 1. The van der Waals surface area contributed by atoms with E-state index >= 15 is 0 Å². The molecule has 7 heteroatoms. The van der Waals surface area contributed by atoms with Gasteiger partial charge >= 0.3 is 0 Å². The van der Waals surface area contributed by atoms with Crippen LogP contribution in [0, 0.1) is 19.8 Å². The third kappa shape index (κ3) is 4.25. The Hall–Kier alpha value is -2.25. The number of fused-ring (bicyclic) bond motifs is 1. The Bertz CT molecular complexity index is 986. The smallest absolute Gasteiger partial charge is 0.232 e. The molecular weight excluding hydrogens is 372 g/mol. The normalized spacial score (nSPS) is 16.0. The topological polar surface area (TPSA) is 71.3 Å². The number of aryl methyl sites for hydroxylation is 2. The maximum absolute atomic E-state index is 12.5. The van der Waals surface area contributed by atoms with Crippen LogP contribution < -0.4 is 5.32 Å². The van der Waals surface area contributed by atoms with Gasteiger partial charge in [-0.05, 0) is 57.8 Å². The molecule has 3 heterocycles. The van der Waals surface area contributed by atoms with Gasteiger partial charge in [0, 0.05) is 16.8 Å². The standard InChI is InChI=1S/C21H26N4O2S/c1-13-6-8-25(9-7-13)12-19-15(3)22-21(28-19)23-20(26)11-17-16-10-14(2)4-5-18(16)27-24-17/h4-5,10,13H,6-9,11-12H2,1-3H3,(H,22,23,26). The number of carbonyl (C=O) groups is 1. The van der Waals surface area contributed by atoms with Crippen LogP contribution in [0.5, 0.6) is 0 Å². The fourth-order valence-electron chi connectivity index (χ4n) is 3.60. The Kier molecular flexibility index (Phi) is 5.46. The number of anilines is 1. The van der Waals surface area contributed by atoms with Crippen LogP contribution in [0.4, 0.5) is 5.13 Å². The summed E-state index contributed by atoms with van der Waals surface area (Å²) in [6.45, 7) is 9.54. The van der Waals surface area contributed by atoms with Crippen molar-refractivity contribution in [1.82, 2.24) is 15.0 Å². The number of hydrogen-bond donors (Lipinski definition) is 1. The van der Waals surface area contributed by atoms with Crippen molar-refractivity contribution in [3.05, 3.63) is 40.0 Å². The first-order valence-corrected chi connectivity index (χ1v) is 10.6. The Morgan fingerprint density at radius 2 is 2.11 bits per heavy atom. The molecule has 1 aliphatic heterocycles. The van der Waals surface area contributed by atoms with Crippen LogP contribution in [0.15, 0.2) is 22.7 Å². The fraction of sp³-hybridized carbons (Fsp3) is 0.476. The molecule has 0 unspecified atom stereocenters. The molecule has 1 N–H and O–H groups in total. The molecule has 0 saturated carbocycles. The van der Waals surface area contributed by atoms with Gasteiger partial charge in [-0.2, -0.15) is 0 Å². The van der Waals surface area contributed by atoms with Crippen molar-refractivity contribution in [3.8, 4) is 0 Å². The predicted octanol–water partition coefficient (Wildman–Crippen LogP) is 4.31. The van der Waals surface area contributed by atoms with E-state index in [1.165, 1.54) is 17.7 Å². The number of thiazole rings is 1. The van der Waals surface area contributed by atoms with E-state index in [0.29, 0.717) is 16.4 Å². The highest BCUT2D eigenvalue weighted by Crippen LogP contribution is 2.27. The summed E-state index contributed by atoms with van der Waals surface area (Å²) < 4.78 is 5.32. The lowest BCUT2D eigenvalue weighted by Crippen LogP contribution is -2.32. The van der Waals surface area contributed by atoms with Crippen LogP contribution >= 0.6 is 11.3 Å². The molecule has 1 saturated heterocycles. The van der Waals surface area contributed by atoms with E-state index in [4.69, 9.17) is 4.52 Å². The van der Waals surface area contributed by atoms with Gasteiger partial charge in [0.15, 0.2) is 10.7 Å². The van der Waals surface area contributed by atoms with Gasteiger partial charge in [0.2, 0.25) is 5.91 Å². The zero-order valence-electron chi connectivity index (χ0n) is 16.6. The number of aromatic nitrogens is 2. The molecule has 4 rings (SSSR count). The molecule has 0 bridgehead atoms. The number of nitrogens with zero attached hydrogens (tertiary/aromatic N) is 3. The lowest BCUT2D eigenvalue weighted by atomic mass is 9.99. The summed E-state index contributed by atoms with van der Waals surface area (Å²) in [6, 6.07) is 5.86. The maximum atomic E-state index is 12.5. The minimum Gasteiger partial charge on any atom is -0.356 e. The maximum Gasteiger partial charge on any atom is 0.232 e. The van der Waals surface area contributed by atoms with Gasteiger partial charge in [-0.15, -0.1) is 11.3 Å². The second-order valence-corrected chi connectivity index (χ2v) is 8.92. The highest BCUT2D eigenvalue weighted by molar-refractivity contribution is 7.15. The van der Waals surface area contributed by atoms with Crippen molar-refractivity contribution in [2.75, 3.05) is 18.4 Å². The Morgan fingerprint density at radius 3 is 2.89 bits per heavy atom. The molecule has 0 radical (unpaired) electrons. The SMILES string of the molecule is Cc1ccc2onc(CC(=O)Nc3nc(C)c(CN4CCC(C)CC4)s3)c2c1. The van der Waals surface area contributed by atoms with Gasteiger partial charge in [-0.3, -0.25) is 9.69 Å². The molecule has 1 aliphatic rings. The van der Waals surface area contributed by atoms with Gasteiger partial charge in [-0.1, -0.05) is 23.7 Å². The molecular formula is C21H26N4O2S. The molecule has 0 aliphatic carbocycles. The number of piperidine rings is 1. The number of carbonyl (C=O) groups excluding carboxylic acids is 1. The second kappa shape index (κ2) is 8.01. The Balaban J connectivity index is 1.40. The van der Waals surface area contributed by atoms with Crippen LogP contribution in [0.2, 0.25) is 0 Å². The monoisotopic (exact) mass is 398 g/mol. The van der Waals surface area contributed by atoms with Crippen molar-refractivity contribution >= 4 is 33.3 Å². The fourth-order valence-corrected chi connectivity index (χ4v) is 4.62.